The molecule has 0 radical (unpaired) electrons. The Morgan fingerprint density at radius 3 is 2.74 bits per heavy atom. The van der Waals surface area contributed by atoms with Gasteiger partial charge in [-0.15, -0.1) is 0 Å². The zero-order valence-electron chi connectivity index (χ0n) is 16.5. The number of benzene rings is 3. The molecule has 5 nitrogen and oxygen atoms in total. The SMILES string of the molecule is Oc1ccc(F)cc1-c1nc(N[C@@H]2CNCC2c2cccc(Cl)c2)c2ccccc2n1. The monoisotopic (exact) mass is 434 g/mol. The maximum atomic E-state index is 13.8. The van der Waals surface area contributed by atoms with Crippen LogP contribution in [0, 0.1) is 5.82 Å². The molecular weight excluding hydrogens is 415 g/mol. The molecule has 1 saturated heterocycles. The lowest BCUT2D eigenvalue weighted by atomic mass is 9.94. The Morgan fingerprint density at radius 2 is 1.87 bits per heavy atom. The number of nitrogens with zero attached hydrogens (tertiary/aromatic N) is 2. The third-order valence-electron chi connectivity index (χ3n) is 5.62. The Labute approximate surface area is 183 Å². The van der Waals surface area contributed by atoms with Crippen molar-refractivity contribution in [1.29, 1.82) is 0 Å². The molecule has 5 rings (SSSR count). The Kier molecular flexibility index (Phi) is 5.18. The maximum absolute atomic E-state index is 13.8. The molecule has 7 heteroatoms. The van der Waals surface area contributed by atoms with Crippen LogP contribution in [0.3, 0.4) is 0 Å². The second-order valence-corrected chi connectivity index (χ2v) is 8.08. The van der Waals surface area contributed by atoms with Crippen LogP contribution in [0.5, 0.6) is 5.75 Å². The van der Waals surface area contributed by atoms with E-state index in [1.807, 2.05) is 42.5 Å². The lowest BCUT2D eigenvalue weighted by Crippen LogP contribution is -2.27. The first-order valence-corrected chi connectivity index (χ1v) is 10.4. The number of hydrogen-bond acceptors (Lipinski definition) is 5. The van der Waals surface area contributed by atoms with Gasteiger partial charge in [0.15, 0.2) is 5.82 Å². The van der Waals surface area contributed by atoms with Gasteiger partial charge in [0, 0.05) is 35.5 Å². The van der Waals surface area contributed by atoms with Crippen LogP contribution in [0.4, 0.5) is 10.2 Å². The van der Waals surface area contributed by atoms with Crippen LogP contribution in [0.25, 0.3) is 22.3 Å². The van der Waals surface area contributed by atoms with Crippen molar-refractivity contribution in [2.45, 2.75) is 12.0 Å². The minimum Gasteiger partial charge on any atom is -0.507 e. The third-order valence-corrected chi connectivity index (χ3v) is 5.85. The van der Waals surface area contributed by atoms with E-state index in [0.717, 1.165) is 24.0 Å². The van der Waals surface area contributed by atoms with Gasteiger partial charge in [-0.1, -0.05) is 35.9 Å². The fourth-order valence-corrected chi connectivity index (χ4v) is 4.29. The summed E-state index contributed by atoms with van der Waals surface area (Å²) in [6.07, 6.45) is 0. The van der Waals surface area contributed by atoms with Gasteiger partial charge >= 0.3 is 0 Å². The smallest absolute Gasteiger partial charge is 0.165 e. The van der Waals surface area contributed by atoms with Crippen molar-refractivity contribution < 1.29 is 9.50 Å². The number of hydrogen-bond donors (Lipinski definition) is 3. The zero-order chi connectivity index (χ0) is 21.4. The normalized spacial score (nSPS) is 18.4. The van der Waals surface area contributed by atoms with E-state index in [9.17, 15) is 9.50 Å². The Bertz CT molecular complexity index is 1270. The molecular formula is C24H20ClFN4O. The van der Waals surface area contributed by atoms with Crippen molar-refractivity contribution in [2.24, 2.45) is 0 Å². The van der Waals surface area contributed by atoms with Gasteiger partial charge in [0.2, 0.25) is 0 Å². The van der Waals surface area contributed by atoms with Crippen molar-refractivity contribution in [3.8, 4) is 17.1 Å². The largest absolute Gasteiger partial charge is 0.507 e. The molecule has 3 N–H and O–H groups in total. The number of phenolic OH excluding ortho intramolecular Hbond substituents is 1. The summed E-state index contributed by atoms with van der Waals surface area (Å²) >= 11 is 6.21. The van der Waals surface area contributed by atoms with Gasteiger partial charge in [-0.05, 0) is 48.0 Å². The van der Waals surface area contributed by atoms with Crippen LogP contribution in [0.15, 0.2) is 66.7 Å². The van der Waals surface area contributed by atoms with Crippen LogP contribution in [0.1, 0.15) is 11.5 Å². The predicted molar refractivity (Wildman–Crippen MR) is 121 cm³/mol. The first-order valence-electron chi connectivity index (χ1n) is 10.1. The summed E-state index contributed by atoms with van der Waals surface area (Å²) in [7, 11) is 0. The fourth-order valence-electron chi connectivity index (χ4n) is 4.09. The second-order valence-electron chi connectivity index (χ2n) is 7.65. The van der Waals surface area contributed by atoms with Crippen molar-refractivity contribution >= 4 is 28.3 Å². The summed E-state index contributed by atoms with van der Waals surface area (Å²) in [6, 6.07) is 19.4. The highest BCUT2D eigenvalue weighted by molar-refractivity contribution is 6.30. The molecule has 0 bridgehead atoms. The van der Waals surface area contributed by atoms with E-state index in [2.05, 4.69) is 26.7 Å². The number of aromatic hydroxyl groups is 1. The minimum atomic E-state index is -0.458. The van der Waals surface area contributed by atoms with Crippen LogP contribution in [-0.2, 0) is 0 Å². The number of halogens is 2. The Morgan fingerprint density at radius 1 is 1.00 bits per heavy atom. The Balaban J connectivity index is 1.57. The highest BCUT2D eigenvalue weighted by Crippen LogP contribution is 2.33. The van der Waals surface area contributed by atoms with Crippen LogP contribution in [-0.4, -0.2) is 34.2 Å². The summed E-state index contributed by atoms with van der Waals surface area (Å²) in [5.74, 6) is 0.592. The van der Waals surface area contributed by atoms with Gasteiger partial charge in [0.1, 0.15) is 17.4 Å². The summed E-state index contributed by atoms with van der Waals surface area (Å²) < 4.78 is 13.8. The summed E-state index contributed by atoms with van der Waals surface area (Å²) in [4.78, 5) is 9.24. The van der Waals surface area contributed by atoms with Crippen molar-refractivity contribution in [2.75, 3.05) is 18.4 Å². The first kappa shape index (κ1) is 19.7. The maximum Gasteiger partial charge on any atom is 0.165 e. The number of rotatable bonds is 4. The molecule has 1 fully saturated rings. The van der Waals surface area contributed by atoms with Gasteiger partial charge in [-0.3, -0.25) is 0 Å². The van der Waals surface area contributed by atoms with Crippen molar-refractivity contribution in [1.82, 2.24) is 15.3 Å². The highest BCUT2D eigenvalue weighted by atomic mass is 35.5. The molecule has 3 aromatic carbocycles. The number of anilines is 1. The van der Waals surface area contributed by atoms with E-state index in [4.69, 9.17) is 11.6 Å². The summed E-state index contributed by atoms with van der Waals surface area (Å²) in [5.41, 5.74) is 2.12. The molecule has 1 aromatic heterocycles. The van der Waals surface area contributed by atoms with Crippen LogP contribution >= 0.6 is 11.6 Å². The molecule has 1 unspecified atom stereocenters. The fraction of sp³-hybridized carbons (Fsp3) is 0.167. The summed E-state index contributed by atoms with van der Waals surface area (Å²) in [6.45, 7) is 1.58. The van der Waals surface area contributed by atoms with E-state index in [1.165, 1.54) is 18.2 Å². The number of nitrogens with one attached hydrogen (secondary N) is 2. The van der Waals surface area contributed by atoms with E-state index < -0.39 is 5.82 Å². The van der Waals surface area contributed by atoms with Gasteiger partial charge in [0.05, 0.1) is 11.1 Å². The number of para-hydroxylation sites is 1. The van der Waals surface area contributed by atoms with E-state index in [0.29, 0.717) is 16.4 Å². The second kappa shape index (κ2) is 8.13. The summed E-state index contributed by atoms with van der Waals surface area (Å²) in [5, 5.41) is 18.8. The molecule has 1 aliphatic rings. The first-order chi connectivity index (χ1) is 15.1. The average Bonchev–Trinajstić information content (AvgIpc) is 3.23. The lowest BCUT2D eigenvalue weighted by molar-refractivity contribution is 0.475. The quantitative estimate of drug-likeness (QED) is 0.423. The van der Waals surface area contributed by atoms with Crippen LogP contribution in [0.2, 0.25) is 5.02 Å². The van der Waals surface area contributed by atoms with Crippen molar-refractivity contribution in [3.05, 3.63) is 83.1 Å². The molecule has 156 valence electrons. The standard InChI is InChI=1S/C24H20ClFN4O/c25-15-5-3-4-14(10-15)19-12-27-13-21(19)29-23-17-6-1-2-7-20(17)28-24(30-23)18-11-16(26)8-9-22(18)31/h1-11,19,21,27,31H,12-13H2,(H,28,29,30)/t19?,21-/m1/s1. The minimum absolute atomic E-state index is 0.0676. The predicted octanol–water partition coefficient (Wildman–Crippen LogP) is 4.96. The molecule has 2 heterocycles. The topological polar surface area (TPSA) is 70.1 Å². The lowest BCUT2D eigenvalue weighted by Gasteiger charge is -2.22. The molecule has 0 saturated carbocycles. The van der Waals surface area contributed by atoms with E-state index in [1.54, 1.807) is 0 Å². The van der Waals surface area contributed by atoms with E-state index in [-0.39, 0.29) is 29.1 Å². The Hall–Kier alpha value is -3.22. The third kappa shape index (κ3) is 3.92. The number of aromatic nitrogens is 2. The average molecular weight is 435 g/mol. The van der Waals surface area contributed by atoms with Crippen LogP contribution < -0.4 is 10.6 Å². The van der Waals surface area contributed by atoms with Gasteiger partial charge in [-0.2, -0.15) is 0 Å². The van der Waals surface area contributed by atoms with Gasteiger partial charge in [0.25, 0.3) is 0 Å². The molecule has 0 spiro atoms. The molecule has 0 amide bonds. The van der Waals surface area contributed by atoms with Gasteiger partial charge in [-0.25, -0.2) is 14.4 Å². The molecule has 4 aromatic rings. The molecule has 0 aliphatic carbocycles. The highest BCUT2D eigenvalue weighted by Gasteiger charge is 2.29. The molecule has 1 aliphatic heterocycles. The van der Waals surface area contributed by atoms with Gasteiger partial charge < -0.3 is 15.7 Å². The number of phenols is 1. The zero-order valence-corrected chi connectivity index (χ0v) is 17.3. The van der Waals surface area contributed by atoms with Crippen molar-refractivity contribution in [3.63, 3.8) is 0 Å². The molecule has 2 atom stereocenters. The number of fused-ring (bicyclic) bond motifs is 1. The molecule has 31 heavy (non-hydrogen) atoms. The van der Waals surface area contributed by atoms with E-state index >= 15 is 0 Å².